The molecule has 0 saturated carbocycles. The van der Waals surface area contributed by atoms with Crippen LogP contribution in [0.15, 0.2) is 39.5 Å². The molecule has 0 spiro atoms. The minimum atomic E-state index is -3.59. The Morgan fingerprint density at radius 2 is 1.67 bits per heavy atom. The number of nitrogens with one attached hydrogen (secondary N) is 4. The first-order valence-electron chi connectivity index (χ1n) is 22.9. The van der Waals surface area contributed by atoms with E-state index in [1.807, 2.05) is 0 Å². The summed E-state index contributed by atoms with van der Waals surface area (Å²) in [7, 11) is -3.59. The molecule has 0 bridgehead atoms. The van der Waals surface area contributed by atoms with Gasteiger partial charge in [0.1, 0.15) is 38.1 Å². The maximum atomic E-state index is 14.5. The number of carbonyl (C=O) groups excluding carboxylic acids is 5. The number of aromatic nitrogens is 3. The van der Waals surface area contributed by atoms with Crippen LogP contribution < -0.4 is 31.6 Å². The molecule has 3 aromatic heterocycles. The monoisotopic (exact) mass is 1040 g/mol. The number of nitrogens with zero attached hydrogens (tertiary/aromatic N) is 3. The molecule has 4 amide bonds. The van der Waals surface area contributed by atoms with E-state index in [1.54, 1.807) is 43.5 Å². The van der Waals surface area contributed by atoms with Crippen molar-refractivity contribution < 1.29 is 70.3 Å². The fourth-order valence-electron chi connectivity index (χ4n) is 8.52. The summed E-state index contributed by atoms with van der Waals surface area (Å²) >= 11 is 0.836. The minimum Gasteiger partial charge on any atom is -0.490 e. The van der Waals surface area contributed by atoms with Crippen LogP contribution in [0.3, 0.4) is 0 Å². The Morgan fingerprint density at radius 3 is 2.39 bits per heavy atom. The van der Waals surface area contributed by atoms with Crippen LogP contribution in [0.5, 0.6) is 5.75 Å². The number of amides is 4. The molecule has 2 aromatic carbocycles. The number of cyclic esters (lactones) is 1. The number of carbonyl (C=O) groups is 5. The summed E-state index contributed by atoms with van der Waals surface area (Å²) in [5.41, 5.74) is 1.56. The van der Waals surface area contributed by atoms with Gasteiger partial charge in [-0.3, -0.25) is 24.0 Å². The van der Waals surface area contributed by atoms with E-state index in [4.69, 9.17) is 33.4 Å². The number of sulfone groups is 1. The maximum absolute atomic E-state index is 14.5. The molecule has 3 aliphatic rings. The summed E-state index contributed by atoms with van der Waals surface area (Å²) in [6.45, 7) is 6.20. The van der Waals surface area contributed by atoms with Gasteiger partial charge in [0.2, 0.25) is 31.9 Å². The van der Waals surface area contributed by atoms with Gasteiger partial charge < -0.3 is 59.4 Å². The molecule has 0 radical (unpaired) electrons. The van der Waals surface area contributed by atoms with Crippen LogP contribution in [-0.4, -0.2) is 123 Å². The van der Waals surface area contributed by atoms with Crippen LogP contribution in [0, 0.1) is 11.7 Å². The van der Waals surface area contributed by atoms with E-state index in [9.17, 15) is 46.7 Å². The van der Waals surface area contributed by atoms with Crippen molar-refractivity contribution in [2.24, 2.45) is 5.92 Å². The molecule has 3 atom stereocenters. The third kappa shape index (κ3) is 10.5. The summed E-state index contributed by atoms with van der Waals surface area (Å²) in [5.74, 6) is -3.95. The van der Waals surface area contributed by atoms with Crippen LogP contribution in [-0.2, 0) is 77.9 Å². The first-order chi connectivity index (χ1) is 34.3. The zero-order valence-electron chi connectivity index (χ0n) is 39.8. The molecule has 0 unspecified atom stereocenters. The van der Waals surface area contributed by atoms with E-state index in [-0.39, 0.29) is 111 Å². The second kappa shape index (κ2) is 21.3. The van der Waals surface area contributed by atoms with E-state index >= 15 is 0 Å². The van der Waals surface area contributed by atoms with E-state index in [0.29, 0.717) is 44.8 Å². The topological polar surface area (TPSA) is 291 Å². The standard InChI is InChI=1S/C47H52FN7O15S2/c1-6-47(62)29-16-34-39-27(18-55(34)44(60)28(29)19-70-45(47)61)25-9-13-69-40-32(8-7-31(51-39)37(25)40)52-41(57)24(4)50-43(59)38(23(2)3)54-36(56)10-12-65-20-67-22-68-21-66-14-11-49-42(58)26-15-35-33(17-30(26)48)53-46(71-35)72(5,63)64/h7-8,15-17,23-24,38,62H,6,9-14,18-22H2,1-5H3,(H,49,58)(H,50,59)(H,52,57)(H,54,56)/t24-,38-,47-/m0/s1. The largest absolute Gasteiger partial charge is 0.490 e. The number of pyridine rings is 2. The van der Waals surface area contributed by atoms with E-state index in [0.717, 1.165) is 34.8 Å². The molecule has 6 heterocycles. The van der Waals surface area contributed by atoms with Crippen LogP contribution >= 0.6 is 11.3 Å². The van der Waals surface area contributed by atoms with Crippen molar-refractivity contribution >= 4 is 77.6 Å². The highest BCUT2D eigenvalue weighted by Crippen LogP contribution is 2.45. The lowest BCUT2D eigenvalue weighted by molar-refractivity contribution is -0.172. The predicted octanol–water partition coefficient (Wildman–Crippen LogP) is 2.51. The van der Waals surface area contributed by atoms with Gasteiger partial charge in [-0.15, -0.1) is 11.3 Å². The summed E-state index contributed by atoms with van der Waals surface area (Å²) in [5, 5.41) is 22.7. The lowest BCUT2D eigenvalue weighted by atomic mass is 9.86. The van der Waals surface area contributed by atoms with Gasteiger partial charge in [0.25, 0.3) is 11.5 Å². The molecule has 0 fully saturated rings. The van der Waals surface area contributed by atoms with Gasteiger partial charge in [0.05, 0.1) is 76.7 Å². The quantitative estimate of drug-likeness (QED) is 0.0393. The fraction of sp³-hybridized carbons (Fsp3) is 0.447. The smallest absolute Gasteiger partial charge is 0.343 e. The number of aliphatic hydroxyl groups is 1. The number of hydrogen-bond acceptors (Lipinski definition) is 18. The highest BCUT2D eigenvalue weighted by Gasteiger charge is 2.46. The predicted molar refractivity (Wildman–Crippen MR) is 255 cm³/mol. The summed E-state index contributed by atoms with van der Waals surface area (Å²) in [4.78, 5) is 87.5. The van der Waals surface area contributed by atoms with Gasteiger partial charge in [0.15, 0.2) is 18.1 Å². The van der Waals surface area contributed by atoms with Crippen LogP contribution in [0.4, 0.5) is 10.1 Å². The number of fused-ring (bicyclic) bond motifs is 6. The van der Waals surface area contributed by atoms with Gasteiger partial charge in [-0.25, -0.2) is 27.6 Å². The van der Waals surface area contributed by atoms with E-state index in [2.05, 4.69) is 26.3 Å². The van der Waals surface area contributed by atoms with Crippen LogP contribution in [0.2, 0.25) is 0 Å². The van der Waals surface area contributed by atoms with Crippen molar-refractivity contribution in [3.05, 3.63) is 74.3 Å². The number of esters is 1. The highest BCUT2D eigenvalue weighted by molar-refractivity contribution is 7.92. The molecule has 3 aliphatic heterocycles. The maximum Gasteiger partial charge on any atom is 0.343 e. The number of halogens is 1. The normalized spacial score (nSPS) is 16.6. The average Bonchev–Trinajstić information content (AvgIpc) is 3.95. The molecular weight excluding hydrogens is 986 g/mol. The number of hydrogen-bond donors (Lipinski definition) is 5. The van der Waals surface area contributed by atoms with Gasteiger partial charge in [0, 0.05) is 41.8 Å². The molecule has 0 aliphatic carbocycles. The SMILES string of the molecule is CC[C@@]1(O)C(=O)OCc2c1cc1n(c2=O)Cc2c-1nc1ccc(NC(=O)[C@H](C)NC(=O)[C@@H](NC(=O)CCOCOCOCOCCNC(=O)c3cc4sc(S(C)(=O)=O)nc4cc3F)C(C)C)c3c1c2CCO3. The van der Waals surface area contributed by atoms with Crippen molar-refractivity contribution in [3.63, 3.8) is 0 Å². The third-order valence-electron chi connectivity index (χ3n) is 12.3. The zero-order chi connectivity index (χ0) is 51.6. The second-order valence-corrected chi connectivity index (χ2v) is 20.8. The number of anilines is 1. The first-order valence-corrected chi connectivity index (χ1v) is 25.6. The molecule has 22 nitrogen and oxygen atoms in total. The number of benzene rings is 2. The van der Waals surface area contributed by atoms with Gasteiger partial charge in [-0.2, -0.15) is 0 Å². The Kier molecular flexibility index (Phi) is 15.4. The Balaban J connectivity index is 0.754. The summed E-state index contributed by atoms with van der Waals surface area (Å²) in [6.07, 6.45) is 1.39. The summed E-state index contributed by atoms with van der Waals surface area (Å²) in [6, 6.07) is 5.24. The van der Waals surface area contributed by atoms with Gasteiger partial charge in [-0.1, -0.05) is 20.8 Å². The number of thiazole rings is 1. The lowest BCUT2D eigenvalue weighted by Gasteiger charge is -2.31. The van der Waals surface area contributed by atoms with Crippen LogP contribution in [0.1, 0.15) is 73.1 Å². The fourth-order valence-corrected chi connectivity index (χ4v) is 10.4. The Hall–Kier alpha value is -6.48. The Morgan fingerprint density at radius 1 is 0.931 bits per heavy atom. The summed E-state index contributed by atoms with van der Waals surface area (Å²) < 4.78 is 72.1. The number of ether oxygens (including phenoxy) is 6. The molecule has 25 heteroatoms. The Labute approximate surface area is 414 Å². The molecule has 384 valence electrons. The minimum absolute atomic E-state index is 0.0182. The lowest BCUT2D eigenvalue weighted by Crippen LogP contribution is -2.53. The molecule has 0 saturated heterocycles. The van der Waals surface area contributed by atoms with Gasteiger partial charge >= 0.3 is 5.97 Å². The highest BCUT2D eigenvalue weighted by atomic mass is 32.2. The first kappa shape index (κ1) is 51.9. The van der Waals surface area contributed by atoms with E-state index < -0.39 is 62.9 Å². The number of rotatable bonds is 21. The Bertz CT molecular complexity index is 3180. The van der Waals surface area contributed by atoms with Crippen molar-refractivity contribution in [3.8, 4) is 17.1 Å². The van der Waals surface area contributed by atoms with Crippen molar-refractivity contribution in [2.75, 3.05) is 58.3 Å². The van der Waals surface area contributed by atoms with Crippen molar-refractivity contribution in [1.29, 1.82) is 0 Å². The van der Waals surface area contributed by atoms with Crippen LogP contribution in [0.25, 0.3) is 32.5 Å². The van der Waals surface area contributed by atoms with Crippen molar-refractivity contribution in [1.82, 2.24) is 30.5 Å². The third-order valence-corrected chi connectivity index (χ3v) is 15.0. The zero-order valence-corrected chi connectivity index (χ0v) is 41.4. The average molecular weight is 1040 g/mol. The van der Waals surface area contributed by atoms with E-state index in [1.165, 1.54) is 13.0 Å². The second-order valence-electron chi connectivity index (χ2n) is 17.6. The molecule has 5 aromatic rings. The molecular formula is C47H52FN7O15S2. The molecule has 72 heavy (non-hydrogen) atoms. The molecule has 8 rings (SSSR count). The molecule has 5 N–H and O–H groups in total. The van der Waals surface area contributed by atoms with Gasteiger partial charge in [-0.05, 0) is 49.1 Å². The van der Waals surface area contributed by atoms with Crippen molar-refractivity contribution in [2.45, 2.75) is 82.1 Å².